The van der Waals surface area contributed by atoms with Crippen molar-refractivity contribution in [3.05, 3.63) is 29.3 Å². The number of thiazole rings is 1. The predicted octanol–water partition coefficient (Wildman–Crippen LogP) is 3.45. The van der Waals surface area contributed by atoms with Crippen LogP contribution in [0.25, 0.3) is 10.2 Å². The Morgan fingerprint density at radius 1 is 1.20 bits per heavy atom. The van der Waals surface area contributed by atoms with E-state index in [2.05, 4.69) is 27.2 Å². The molecule has 3 rings (SSSR count). The van der Waals surface area contributed by atoms with Gasteiger partial charge in [0, 0.05) is 12.5 Å². The van der Waals surface area contributed by atoms with Crippen LogP contribution in [-0.2, 0) is 11.2 Å². The van der Waals surface area contributed by atoms with Crippen LogP contribution < -0.4 is 16.2 Å². The number of aryl methyl sites for hydroxylation is 1. The summed E-state index contributed by atoms with van der Waals surface area (Å²) in [5.74, 6) is -0.0279. The first-order valence-electron chi connectivity index (χ1n) is 8.90. The number of carbonyl (C=O) groups is 1. The highest BCUT2D eigenvalue weighted by molar-refractivity contribution is 7.80. The molecule has 7 heteroatoms. The van der Waals surface area contributed by atoms with E-state index < -0.39 is 0 Å². The maximum Gasteiger partial charge on any atom is 0.238 e. The molecule has 134 valence electrons. The third-order valence-electron chi connectivity index (χ3n) is 4.39. The topological polar surface area (TPSA) is 66.0 Å². The summed E-state index contributed by atoms with van der Waals surface area (Å²) in [5.41, 5.74) is 6.53. The molecule has 25 heavy (non-hydrogen) atoms. The van der Waals surface area contributed by atoms with Crippen molar-refractivity contribution in [3.8, 4) is 0 Å². The van der Waals surface area contributed by atoms with Crippen molar-refractivity contribution in [2.24, 2.45) is 0 Å². The molecular formula is C18H24N4OS2. The summed E-state index contributed by atoms with van der Waals surface area (Å²) in [6.07, 6.45) is 8.02. The lowest BCUT2D eigenvalue weighted by molar-refractivity contribution is -0.121. The number of carbonyl (C=O) groups excluding carboxylic acids is 1. The van der Waals surface area contributed by atoms with E-state index in [1.807, 2.05) is 18.2 Å². The SMILES string of the molecule is O=C(CCCCc1nc2ccccc2s1)NNC(=S)NC1CCCC1. The molecule has 2 aromatic rings. The van der Waals surface area contributed by atoms with E-state index in [1.165, 1.54) is 17.5 Å². The Morgan fingerprint density at radius 2 is 2.00 bits per heavy atom. The molecule has 0 aliphatic heterocycles. The van der Waals surface area contributed by atoms with Gasteiger partial charge in [0.15, 0.2) is 5.11 Å². The third-order valence-corrected chi connectivity index (χ3v) is 5.70. The number of benzene rings is 1. The molecule has 0 spiro atoms. The van der Waals surface area contributed by atoms with Crippen molar-refractivity contribution < 1.29 is 4.79 Å². The summed E-state index contributed by atoms with van der Waals surface area (Å²) in [6.45, 7) is 0. The summed E-state index contributed by atoms with van der Waals surface area (Å²) < 4.78 is 1.22. The molecule has 1 aliphatic carbocycles. The number of unbranched alkanes of at least 4 members (excludes halogenated alkanes) is 1. The zero-order chi connectivity index (χ0) is 17.5. The first-order chi connectivity index (χ1) is 12.2. The van der Waals surface area contributed by atoms with E-state index in [0.717, 1.165) is 42.6 Å². The monoisotopic (exact) mass is 376 g/mol. The predicted molar refractivity (Wildman–Crippen MR) is 106 cm³/mol. The molecule has 0 atom stereocenters. The Morgan fingerprint density at radius 3 is 2.80 bits per heavy atom. The van der Waals surface area contributed by atoms with E-state index in [0.29, 0.717) is 17.6 Å². The largest absolute Gasteiger partial charge is 0.359 e. The number of para-hydroxylation sites is 1. The highest BCUT2D eigenvalue weighted by Crippen LogP contribution is 2.22. The van der Waals surface area contributed by atoms with Gasteiger partial charge in [-0.2, -0.15) is 0 Å². The summed E-state index contributed by atoms with van der Waals surface area (Å²) in [6, 6.07) is 8.63. The van der Waals surface area contributed by atoms with Gasteiger partial charge in [0.1, 0.15) is 0 Å². The number of hydrazine groups is 1. The lowest BCUT2D eigenvalue weighted by atomic mass is 10.2. The van der Waals surface area contributed by atoms with E-state index in [4.69, 9.17) is 12.2 Å². The van der Waals surface area contributed by atoms with Crippen LogP contribution in [0.2, 0.25) is 0 Å². The third kappa shape index (κ3) is 5.64. The van der Waals surface area contributed by atoms with Crippen molar-refractivity contribution in [1.29, 1.82) is 0 Å². The molecule has 1 heterocycles. The number of hydrogen-bond donors (Lipinski definition) is 3. The van der Waals surface area contributed by atoms with Gasteiger partial charge in [0.05, 0.1) is 15.2 Å². The Labute approximate surface area is 157 Å². The van der Waals surface area contributed by atoms with Crippen LogP contribution >= 0.6 is 23.6 Å². The van der Waals surface area contributed by atoms with Crippen molar-refractivity contribution in [2.45, 2.75) is 57.4 Å². The fraction of sp³-hybridized carbons (Fsp3) is 0.500. The minimum atomic E-state index is -0.0279. The molecular weight excluding hydrogens is 352 g/mol. The lowest BCUT2D eigenvalue weighted by Gasteiger charge is -2.16. The van der Waals surface area contributed by atoms with Crippen LogP contribution in [-0.4, -0.2) is 22.0 Å². The smallest absolute Gasteiger partial charge is 0.238 e. The van der Waals surface area contributed by atoms with Crippen molar-refractivity contribution in [3.63, 3.8) is 0 Å². The number of rotatable bonds is 6. The van der Waals surface area contributed by atoms with Gasteiger partial charge in [0.2, 0.25) is 5.91 Å². The number of fused-ring (bicyclic) bond motifs is 1. The second kappa shape index (κ2) is 9.10. The number of hydrogen-bond acceptors (Lipinski definition) is 4. The molecule has 1 fully saturated rings. The lowest BCUT2D eigenvalue weighted by Crippen LogP contribution is -2.49. The maximum absolute atomic E-state index is 11.9. The van der Waals surface area contributed by atoms with Gasteiger partial charge in [-0.25, -0.2) is 4.98 Å². The van der Waals surface area contributed by atoms with Gasteiger partial charge in [0.25, 0.3) is 0 Å². The van der Waals surface area contributed by atoms with Gasteiger partial charge < -0.3 is 5.32 Å². The second-order valence-electron chi connectivity index (χ2n) is 6.41. The van der Waals surface area contributed by atoms with Crippen LogP contribution in [0, 0.1) is 0 Å². The van der Waals surface area contributed by atoms with E-state index in [-0.39, 0.29) is 5.91 Å². The fourth-order valence-electron chi connectivity index (χ4n) is 3.07. The highest BCUT2D eigenvalue weighted by Gasteiger charge is 2.15. The van der Waals surface area contributed by atoms with Crippen molar-refractivity contribution in [1.82, 2.24) is 21.2 Å². The van der Waals surface area contributed by atoms with Crippen LogP contribution in [0.4, 0.5) is 0 Å². The second-order valence-corrected chi connectivity index (χ2v) is 7.93. The van der Waals surface area contributed by atoms with Crippen LogP contribution in [0.3, 0.4) is 0 Å². The van der Waals surface area contributed by atoms with Crippen LogP contribution in [0.1, 0.15) is 50.0 Å². The van der Waals surface area contributed by atoms with Crippen molar-refractivity contribution >= 4 is 44.8 Å². The minimum absolute atomic E-state index is 0.0279. The molecule has 0 saturated heterocycles. The van der Waals surface area contributed by atoms with Gasteiger partial charge in [-0.05, 0) is 56.5 Å². The molecule has 3 N–H and O–H groups in total. The number of amides is 1. The zero-order valence-electron chi connectivity index (χ0n) is 14.2. The van der Waals surface area contributed by atoms with Gasteiger partial charge in [-0.1, -0.05) is 25.0 Å². The molecule has 0 unspecified atom stereocenters. The Balaban J connectivity index is 1.29. The minimum Gasteiger partial charge on any atom is -0.359 e. The molecule has 1 aromatic heterocycles. The number of nitrogens with zero attached hydrogens (tertiary/aromatic N) is 1. The van der Waals surface area contributed by atoms with Crippen molar-refractivity contribution in [2.75, 3.05) is 0 Å². The van der Waals surface area contributed by atoms with E-state index >= 15 is 0 Å². The number of nitrogens with one attached hydrogen (secondary N) is 3. The number of aromatic nitrogens is 1. The van der Waals surface area contributed by atoms with Gasteiger partial charge in [-0.3, -0.25) is 15.6 Å². The first kappa shape index (κ1) is 18.1. The van der Waals surface area contributed by atoms with E-state index in [9.17, 15) is 4.79 Å². The molecule has 5 nitrogen and oxygen atoms in total. The van der Waals surface area contributed by atoms with Crippen LogP contribution in [0.15, 0.2) is 24.3 Å². The standard InChI is InChI=1S/C18H24N4OS2/c23-16(21-22-18(24)19-13-7-1-2-8-13)11-5-6-12-17-20-14-9-3-4-10-15(14)25-17/h3-4,9-10,13H,1-2,5-8,11-12H2,(H,21,23)(H2,19,22,24). The quantitative estimate of drug-likeness (QED) is 0.409. The summed E-state index contributed by atoms with van der Waals surface area (Å²) in [4.78, 5) is 16.5. The van der Waals surface area contributed by atoms with E-state index in [1.54, 1.807) is 11.3 Å². The molecule has 1 aliphatic rings. The average molecular weight is 377 g/mol. The average Bonchev–Trinajstić information content (AvgIpc) is 3.25. The number of thiocarbonyl (C=S) groups is 1. The van der Waals surface area contributed by atoms with Gasteiger partial charge >= 0.3 is 0 Å². The Bertz CT molecular complexity index is 692. The molecule has 1 amide bonds. The van der Waals surface area contributed by atoms with Crippen LogP contribution in [0.5, 0.6) is 0 Å². The molecule has 1 saturated carbocycles. The maximum atomic E-state index is 11.9. The summed E-state index contributed by atoms with van der Waals surface area (Å²) in [7, 11) is 0. The molecule has 0 radical (unpaired) electrons. The highest BCUT2D eigenvalue weighted by atomic mass is 32.1. The Kier molecular flexibility index (Phi) is 6.58. The normalized spacial score (nSPS) is 14.6. The zero-order valence-corrected chi connectivity index (χ0v) is 15.8. The Hall–Kier alpha value is -1.73. The molecule has 0 bridgehead atoms. The fourth-order valence-corrected chi connectivity index (χ4v) is 4.30. The van der Waals surface area contributed by atoms with Gasteiger partial charge in [-0.15, -0.1) is 11.3 Å². The first-order valence-corrected chi connectivity index (χ1v) is 10.1. The summed E-state index contributed by atoms with van der Waals surface area (Å²) in [5, 5.41) is 4.88. The summed E-state index contributed by atoms with van der Waals surface area (Å²) >= 11 is 6.93. The molecule has 1 aromatic carbocycles.